The third kappa shape index (κ3) is 2.85. The summed E-state index contributed by atoms with van der Waals surface area (Å²) in [6.07, 6.45) is 3.44. The first-order valence-electron chi connectivity index (χ1n) is 5.99. The number of aromatic nitrogens is 2. The quantitative estimate of drug-likeness (QED) is 0.626. The normalized spacial score (nSPS) is 11.9. The number of amides is 1. The van der Waals surface area contributed by atoms with Crippen LogP contribution in [0.15, 0.2) is 30.6 Å². The summed E-state index contributed by atoms with van der Waals surface area (Å²) in [7, 11) is 1.60. The lowest BCUT2D eigenvalue weighted by molar-refractivity contribution is 0.0964. The molecule has 1 unspecified atom stereocenters. The summed E-state index contributed by atoms with van der Waals surface area (Å²) in [6, 6.07) is 5.09. The van der Waals surface area contributed by atoms with Crippen molar-refractivity contribution in [3.63, 3.8) is 0 Å². The van der Waals surface area contributed by atoms with Gasteiger partial charge in [0.1, 0.15) is 5.82 Å². The first-order chi connectivity index (χ1) is 9.11. The molecule has 0 spiro atoms. The van der Waals surface area contributed by atoms with Gasteiger partial charge in [-0.05, 0) is 25.1 Å². The number of rotatable bonds is 4. The number of hydrogen-bond donors (Lipinski definition) is 4. The van der Waals surface area contributed by atoms with Crippen LogP contribution in [0.4, 0.5) is 11.4 Å². The van der Waals surface area contributed by atoms with Crippen LogP contribution in [0.2, 0.25) is 0 Å². The Labute approximate surface area is 111 Å². The first-order valence-corrected chi connectivity index (χ1v) is 5.99. The van der Waals surface area contributed by atoms with Crippen molar-refractivity contribution in [3.05, 3.63) is 42.0 Å². The molecule has 6 heteroatoms. The van der Waals surface area contributed by atoms with Crippen LogP contribution < -0.4 is 16.4 Å². The van der Waals surface area contributed by atoms with Crippen molar-refractivity contribution in [2.75, 3.05) is 18.1 Å². The van der Waals surface area contributed by atoms with Crippen molar-refractivity contribution in [1.29, 1.82) is 0 Å². The average molecular weight is 259 g/mol. The molecule has 5 N–H and O–H groups in total. The molecule has 1 amide bonds. The highest BCUT2D eigenvalue weighted by atomic mass is 16.1. The summed E-state index contributed by atoms with van der Waals surface area (Å²) in [4.78, 5) is 19.0. The van der Waals surface area contributed by atoms with E-state index in [0.717, 1.165) is 5.82 Å². The molecule has 2 aromatic rings. The topological polar surface area (TPSA) is 95.8 Å². The van der Waals surface area contributed by atoms with Crippen molar-refractivity contribution < 1.29 is 4.79 Å². The molecule has 100 valence electrons. The molecule has 0 saturated carbocycles. The lowest BCUT2D eigenvalue weighted by Gasteiger charge is -2.16. The number of hydrogen-bond acceptors (Lipinski definition) is 4. The lowest BCUT2D eigenvalue weighted by atomic mass is 10.1. The lowest BCUT2D eigenvalue weighted by Crippen LogP contribution is -2.20. The average Bonchev–Trinajstić information content (AvgIpc) is 2.92. The molecular weight excluding hydrogens is 242 g/mol. The first kappa shape index (κ1) is 12.9. The van der Waals surface area contributed by atoms with Gasteiger partial charge in [0, 0.05) is 30.8 Å². The van der Waals surface area contributed by atoms with Crippen LogP contribution in [-0.2, 0) is 0 Å². The van der Waals surface area contributed by atoms with Gasteiger partial charge >= 0.3 is 0 Å². The molecule has 6 nitrogen and oxygen atoms in total. The van der Waals surface area contributed by atoms with Crippen molar-refractivity contribution in [1.82, 2.24) is 15.3 Å². The summed E-state index contributed by atoms with van der Waals surface area (Å²) in [5.41, 5.74) is 7.60. The molecule has 1 atom stereocenters. The van der Waals surface area contributed by atoms with E-state index in [2.05, 4.69) is 20.6 Å². The molecule has 0 aliphatic heterocycles. The number of nitrogens with one attached hydrogen (secondary N) is 3. The summed E-state index contributed by atoms with van der Waals surface area (Å²) in [6.45, 7) is 1.95. The number of benzene rings is 1. The van der Waals surface area contributed by atoms with Gasteiger partial charge < -0.3 is 21.4 Å². The number of anilines is 2. The fourth-order valence-corrected chi connectivity index (χ4v) is 1.83. The van der Waals surface area contributed by atoms with E-state index < -0.39 is 0 Å². The highest BCUT2D eigenvalue weighted by Gasteiger charge is 2.14. The van der Waals surface area contributed by atoms with Gasteiger partial charge in [-0.25, -0.2) is 4.98 Å². The van der Waals surface area contributed by atoms with Crippen molar-refractivity contribution in [2.45, 2.75) is 13.0 Å². The zero-order valence-electron chi connectivity index (χ0n) is 10.9. The van der Waals surface area contributed by atoms with Crippen molar-refractivity contribution >= 4 is 17.3 Å². The third-order valence-corrected chi connectivity index (χ3v) is 2.82. The number of nitrogens with two attached hydrogens (primary N) is 1. The van der Waals surface area contributed by atoms with Gasteiger partial charge in [-0.3, -0.25) is 4.79 Å². The maximum Gasteiger partial charge on any atom is 0.253 e. The van der Waals surface area contributed by atoms with Gasteiger partial charge in [0.25, 0.3) is 5.91 Å². The monoisotopic (exact) mass is 259 g/mol. The largest absolute Gasteiger partial charge is 0.399 e. The Bertz CT molecular complexity index is 564. The zero-order chi connectivity index (χ0) is 13.8. The molecule has 2 rings (SSSR count). The molecule has 0 bridgehead atoms. The summed E-state index contributed by atoms with van der Waals surface area (Å²) < 4.78 is 0. The Balaban J connectivity index is 2.28. The summed E-state index contributed by atoms with van der Waals surface area (Å²) in [5.74, 6) is 0.638. The minimum atomic E-state index is -0.158. The second-order valence-electron chi connectivity index (χ2n) is 4.22. The molecule has 1 aromatic carbocycles. The smallest absolute Gasteiger partial charge is 0.253 e. The molecule has 1 heterocycles. The van der Waals surface area contributed by atoms with Gasteiger partial charge in [-0.15, -0.1) is 0 Å². The Morgan fingerprint density at radius 1 is 1.47 bits per heavy atom. The standard InChI is InChI=1S/C13H17N5O/c1-8(12-16-5-6-17-12)18-11-7-9(14)3-4-10(11)13(19)15-2/h3-8,18H,14H2,1-2H3,(H,15,19)(H,16,17). The number of carbonyl (C=O) groups excluding carboxylic acids is 1. The number of imidazole rings is 1. The molecule has 0 fully saturated rings. The maximum absolute atomic E-state index is 11.8. The molecule has 0 aliphatic rings. The van der Waals surface area contributed by atoms with Crippen molar-refractivity contribution in [2.24, 2.45) is 0 Å². The highest BCUT2D eigenvalue weighted by molar-refractivity contribution is 6.00. The number of aromatic amines is 1. The predicted molar refractivity (Wildman–Crippen MR) is 74.9 cm³/mol. The van der Waals surface area contributed by atoms with Gasteiger partial charge in [0.05, 0.1) is 11.6 Å². The van der Waals surface area contributed by atoms with E-state index in [9.17, 15) is 4.79 Å². The highest BCUT2D eigenvalue weighted by Crippen LogP contribution is 2.23. The van der Waals surface area contributed by atoms with Crippen LogP contribution in [0.25, 0.3) is 0 Å². The Morgan fingerprint density at radius 3 is 2.89 bits per heavy atom. The summed E-state index contributed by atoms with van der Waals surface area (Å²) >= 11 is 0. The zero-order valence-corrected chi connectivity index (χ0v) is 10.9. The number of H-pyrrole nitrogens is 1. The molecule has 19 heavy (non-hydrogen) atoms. The van der Waals surface area contributed by atoms with Crippen LogP contribution in [0.5, 0.6) is 0 Å². The minimum Gasteiger partial charge on any atom is -0.399 e. The Hall–Kier alpha value is -2.50. The second kappa shape index (κ2) is 5.43. The van der Waals surface area contributed by atoms with E-state index in [-0.39, 0.29) is 11.9 Å². The van der Waals surface area contributed by atoms with Crippen LogP contribution >= 0.6 is 0 Å². The van der Waals surface area contributed by atoms with E-state index >= 15 is 0 Å². The predicted octanol–water partition coefficient (Wildman–Crippen LogP) is 1.52. The fraction of sp³-hybridized carbons (Fsp3) is 0.231. The molecular formula is C13H17N5O. The molecule has 0 saturated heterocycles. The van der Waals surface area contributed by atoms with Gasteiger partial charge in [0.2, 0.25) is 0 Å². The van der Waals surface area contributed by atoms with E-state index in [1.165, 1.54) is 0 Å². The summed E-state index contributed by atoms with van der Waals surface area (Å²) in [5, 5.41) is 5.84. The van der Waals surface area contributed by atoms with Gasteiger partial charge in [-0.1, -0.05) is 0 Å². The maximum atomic E-state index is 11.8. The van der Waals surface area contributed by atoms with Crippen LogP contribution in [0.1, 0.15) is 29.1 Å². The fourth-order valence-electron chi connectivity index (χ4n) is 1.83. The van der Waals surface area contributed by atoms with Crippen LogP contribution in [0, 0.1) is 0 Å². The molecule has 0 radical (unpaired) electrons. The second-order valence-corrected chi connectivity index (χ2v) is 4.22. The minimum absolute atomic E-state index is 0.0554. The number of nitrogens with zero attached hydrogens (tertiary/aromatic N) is 1. The molecule has 0 aliphatic carbocycles. The van der Waals surface area contributed by atoms with E-state index in [4.69, 9.17) is 5.73 Å². The van der Waals surface area contributed by atoms with Gasteiger partial charge in [0.15, 0.2) is 0 Å². The Morgan fingerprint density at radius 2 is 2.26 bits per heavy atom. The van der Waals surface area contributed by atoms with E-state index in [1.54, 1.807) is 37.6 Å². The van der Waals surface area contributed by atoms with Crippen LogP contribution in [-0.4, -0.2) is 22.9 Å². The van der Waals surface area contributed by atoms with E-state index in [0.29, 0.717) is 16.9 Å². The Kier molecular flexibility index (Phi) is 3.70. The van der Waals surface area contributed by atoms with E-state index in [1.807, 2.05) is 6.92 Å². The molecule has 1 aromatic heterocycles. The SMILES string of the molecule is CNC(=O)c1ccc(N)cc1NC(C)c1ncc[nH]1. The van der Waals surface area contributed by atoms with Crippen LogP contribution in [0.3, 0.4) is 0 Å². The van der Waals surface area contributed by atoms with Gasteiger partial charge in [-0.2, -0.15) is 0 Å². The number of nitrogen functional groups attached to an aromatic ring is 1. The number of carbonyl (C=O) groups is 1. The third-order valence-electron chi connectivity index (χ3n) is 2.82. The van der Waals surface area contributed by atoms with Crippen molar-refractivity contribution in [3.8, 4) is 0 Å².